The van der Waals surface area contributed by atoms with Gasteiger partial charge in [-0.15, -0.1) is 0 Å². The van der Waals surface area contributed by atoms with Gasteiger partial charge < -0.3 is 33.2 Å². The van der Waals surface area contributed by atoms with Crippen molar-refractivity contribution >= 4 is 17.8 Å². The van der Waals surface area contributed by atoms with Crippen molar-refractivity contribution in [1.82, 2.24) is 5.43 Å². The van der Waals surface area contributed by atoms with Crippen LogP contribution in [-0.4, -0.2) is 39.6 Å². The van der Waals surface area contributed by atoms with Gasteiger partial charge in [-0.2, -0.15) is 12.5 Å². The average molecular weight is 877 g/mol. The van der Waals surface area contributed by atoms with E-state index in [1.54, 1.807) is 34.6 Å². The fourth-order valence-electron chi connectivity index (χ4n) is 1.33. The van der Waals surface area contributed by atoms with E-state index in [4.69, 9.17) is 40.9 Å². The summed E-state index contributed by atoms with van der Waals surface area (Å²) in [4.78, 5) is 33.2. The number of hydrogen-bond donors (Lipinski definition) is 6. The maximum absolute atomic E-state index is 11.7. The number of nitrogens with one attached hydrogen (secondary N) is 2. The Labute approximate surface area is 402 Å². The SMILES string of the molecule is C=[C-]C.CC#CC#CC#CC#CC#CC.CC#CC#CC#CC#CC#CC.[2H]C([2H])(C(=C)N)C([2H])([2H])C([2H])(N)C(=O)O.[2H]C([2H])(C(=O)NN=NN=NN=NN=NN=NN=NN=N)C([2H])([2H])C([2H])(C)C(=O)O.[Na+].[OH-]. The van der Waals surface area contributed by atoms with E-state index in [0.29, 0.717) is 6.92 Å². The molecule has 2 unspecified atom stereocenters. The van der Waals surface area contributed by atoms with Crippen LogP contribution in [0.5, 0.6) is 0 Å². The molecule has 0 heterocycles. The fraction of sp³-hybridized carbons (Fsp3) is 0.308. The van der Waals surface area contributed by atoms with Crippen LogP contribution in [0, 0.1) is 136 Å². The molecule has 0 aromatic rings. The molecule has 0 aliphatic carbocycles. The molecule has 23 nitrogen and oxygen atoms in total. The summed E-state index contributed by atoms with van der Waals surface area (Å²) in [6, 6.07) is -3.15. The Morgan fingerprint density at radius 2 is 0.968 bits per heavy atom. The number of carboxylic acids is 2. The van der Waals surface area contributed by atoms with Crippen molar-refractivity contribution in [3.63, 3.8) is 0 Å². The molecule has 9 N–H and O–H groups in total. The minimum atomic E-state index is -3.47. The quantitative estimate of drug-likeness (QED) is 0.0465. The van der Waals surface area contributed by atoms with Gasteiger partial charge in [-0.3, -0.25) is 21.0 Å². The maximum atomic E-state index is 11.7. The topological polar surface area (TPSA) is 370 Å². The number of carboxylic acid groups (broad SMARTS) is 2. The molecule has 0 aliphatic heterocycles. The van der Waals surface area contributed by atoms with Crippen LogP contribution >= 0.6 is 0 Å². The molecule has 2 atom stereocenters. The van der Waals surface area contributed by atoms with Gasteiger partial charge in [0.25, 0.3) is 0 Å². The second-order valence-corrected chi connectivity index (χ2v) is 7.65. The number of aliphatic carboxylic acids is 2. The molecule has 0 rings (SSSR count). The van der Waals surface area contributed by atoms with Gasteiger partial charge in [-0.05, 0) is 209 Å². The summed E-state index contributed by atoms with van der Waals surface area (Å²) in [6.45, 7) is 15.5. The zero-order valence-electron chi connectivity index (χ0n) is 44.4. The summed E-state index contributed by atoms with van der Waals surface area (Å²) in [6.07, 6.45) is -10.5. The number of rotatable bonds is 15. The molecule has 0 saturated heterocycles. The normalized spacial score (nSPS) is 13.2. The molecule has 63 heavy (non-hydrogen) atoms. The first-order valence-electron chi connectivity index (χ1n) is 19.9. The summed E-state index contributed by atoms with van der Waals surface area (Å²) in [5.41, 5.74) is 16.9. The molecular formula is C39H41N17NaO6-. The molecule has 0 aromatic heterocycles. The van der Waals surface area contributed by atoms with Crippen LogP contribution in [0.4, 0.5) is 0 Å². The van der Waals surface area contributed by atoms with Crippen LogP contribution in [0.15, 0.2) is 86.8 Å². The fourth-order valence-corrected chi connectivity index (χ4v) is 1.33. The molecular weight excluding hydrogens is 826 g/mol. The van der Waals surface area contributed by atoms with E-state index in [-0.39, 0.29) is 35.0 Å². The molecule has 0 radical (unpaired) electrons. The third-order valence-electron chi connectivity index (χ3n) is 3.29. The third-order valence-corrected chi connectivity index (χ3v) is 3.29. The molecule has 0 fully saturated rings. The molecule has 0 aromatic carbocycles. The molecule has 1 amide bonds. The molecule has 320 valence electrons. The van der Waals surface area contributed by atoms with E-state index >= 15 is 0 Å². The summed E-state index contributed by atoms with van der Waals surface area (Å²) < 4.78 is 73.6. The van der Waals surface area contributed by atoms with E-state index in [1.165, 1.54) is 5.43 Å². The van der Waals surface area contributed by atoms with Crippen LogP contribution in [0.1, 0.15) is 80.7 Å². The first-order chi connectivity index (χ1) is 33.1. The van der Waals surface area contributed by atoms with Crippen molar-refractivity contribution in [2.24, 2.45) is 85.3 Å². The van der Waals surface area contributed by atoms with Gasteiger partial charge in [0.1, 0.15) is 6.02 Å². The zero-order chi connectivity index (χ0) is 56.1. The van der Waals surface area contributed by atoms with Crippen molar-refractivity contribution in [3.05, 3.63) is 24.9 Å². The number of carbonyl (C=O) groups excluding carboxylic acids is 1. The van der Waals surface area contributed by atoms with Gasteiger partial charge >= 0.3 is 41.5 Å². The van der Waals surface area contributed by atoms with Crippen LogP contribution < -0.4 is 46.5 Å². The first kappa shape index (κ1) is 47.1. The Balaban J connectivity index is -0.000000167. The van der Waals surface area contributed by atoms with E-state index < -0.39 is 60.9 Å². The van der Waals surface area contributed by atoms with Crippen molar-refractivity contribution in [3.8, 4) is 118 Å². The standard InChI is InChI=1S/2C12H6.C6H11N15O3.C6H12N2O2.C3H5.Na.H2O/c2*1-3-5-7-9-11-12-10-8-6-4-2;1-4(6(23)24)2-3-5(22)8-10-12-14-16-18-20-21-19-17-15-13-11-9-7;1-4(7)2-3-5(8)6(9)10;1-3-2;;/h2*1-2H3;4H,2-3H2,1H3,(H,23,24)(H2,7,8,11,12,15,16,19,20,22);5H,1-3,7-8H2,(H,9,10);1H2,2H3;;1H2/q;;;;-1;+1;/p-1/i;;2D2,3D2,4D;2D2,3D2,5D;;;. The first-order valence-corrected chi connectivity index (χ1v) is 14.9. The molecule has 0 bridgehead atoms. The van der Waals surface area contributed by atoms with Crippen LogP contribution in [0.3, 0.4) is 0 Å². The predicted molar refractivity (Wildman–Crippen MR) is 224 cm³/mol. The number of amides is 1. The smallest absolute Gasteiger partial charge is 0.870 e. The van der Waals surface area contributed by atoms with E-state index in [2.05, 4.69) is 206 Å². The van der Waals surface area contributed by atoms with Gasteiger partial charge in [0.2, 0.25) is 5.91 Å². The number of carbonyl (C=O) groups is 3. The molecule has 24 heteroatoms. The van der Waals surface area contributed by atoms with Crippen molar-refractivity contribution in [2.45, 2.75) is 73.1 Å². The van der Waals surface area contributed by atoms with Crippen molar-refractivity contribution < 1.29 is 73.3 Å². The van der Waals surface area contributed by atoms with Gasteiger partial charge in [0, 0.05) is 24.4 Å². The summed E-state index contributed by atoms with van der Waals surface area (Å²) >= 11 is 0. The Bertz CT molecular complexity index is 2540. The van der Waals surface area contributed by atoms with Crippen LogP contribution in [0.2, 0.25) is 0 Å². The maximum Gasteiger partial charge on any atom is 1.00 e. The number of allylic oxidation sites excluding steroid dienone is 2. The molecule has 0 aliphatic rings. The van der Waals surface area contributed by atoms with Gasteiger partial charge in [0.05, 0.1) is 7.26 Å². The second kappa shape index (κ2) is 62.6. The van der Waals surface area contributed by atoms with Gasteiger partial charge in [-0.1, -0.05) is 37.2 Å². The largest absolute Gasteiger partial charge is 1.00 e. The number of nitrogens with zero attached hydrogens (tertiary/aromatic N) is 13. The third kappa shape index (κ3) is 78.5. The predicted octanol–water partition coefficient (Wildman–Crippen LogP) is 2.31. The van der Waals surface area contributed by atoms with Crippen molar-refractivity contribution in [1.29, 1.82) is 5.53 Å². The summed E-state index contributed by atoms with van der Waals surface area (Å²) in [5, 5.41) is 54.3. The Morgan fingerprint density at radius 1 is 0.667 bits per heavy atom. The van der Waals surface area contributed by atoms with Crippen LogP contribution in [-0.2, 0) is 14.4 Å². The Kier molecular flexibility index (Phi) is 46.8. The van der Waals surface area contributed by atoms with E-state index in [9.17, 15) is 14.4 Å². The minimum absolute atomic E-state index is 0. The molecule has 0 saturated carbocycles. The summed E-state index contributed by atoms with van der Waals surface area (Å²) in [7, 11) is 0. The number of hydrogen-bond acceptors (Lipinski definition) is 8. The second-order valence-electron chi connectivity index (χ2n) is 7.65. The Morgan fingerprint density at radius 3 is 1.24 bits per heavy atom. The summed E-state index contributed by atoms with van der Waals surface area (Å²) in [5.74, 6) is 42.4. The minimum Gasteiger partial charge on any atom is -0.870 e. The monoisotopic (exact) mass is 876 g/mol. The zero-order valence-corrected chi connectivity index (χ0v) is 36.4. The van der Waals surface area contributed by atoms with E-state index in [1.807, 2.05) is 0 Å². The molecule has 0 spiro atoms. The van der Waals surface area contributed by atoms with Crippen LogP contribution in [0.25, 0.3) is 0 Å². The van der Waals surface area contributed by atoms with E-state index in [0.717, 1.165) is 0 Å². The average Bonchev–Trinajstić information content (AvgIpc) is 3.30. The van der Waals surface area contributed by atoms with Gasteiger partial charge in [-0.25, -0.2) is 5.43 Å². The Hall–Kier alpha value is -8.59. The van der Waals surface area contributed by atoms with Gasteiger partial charge in [0.15, 0.2) is 0 Å². The number of nitrogens with two attached hydrogens (primary N) is 2. The van der Waals surface area contributed by atoms with Crippen molar-refractivity contribution in [2.75, 3.05) is 0 Å².